The third kappa shape index (κ3) is 3.31. The number of ether oxygens (including phenoxy) is 3. The summed E-state index contributed by atoms with van der Waals surface area (Å²) in [4.78, 5) is 0. The second-order valence-corrected chi connectivity index (χ2v) is 3.69. The standard InChI is InChI=1S/C14H19NO3/c1-5-10(15)6-7-12-13(17-3)8-11(16-2)9-14(12)18-4/h8-10H,5,15H2,1-4H3. The zero-order valence-electron chi connectivity index (χ0n) is 11.2. The highest BCUT2D eigenvalue weighted by Gasteiger charge is 2.11. The molecule has 0 aliphatic carbocycles. The highest BCUT2D eigenvalue weighted by Crippen LogP contribution is 2.33. The smallest absolute Gasteiger partial charge is 0.141 e. The molecule has 0 saturated carbocycles. The Bertz CT molecular complexity index is 435. The molecule has 4 nitrogen and oxygen atoms in total. The predicted molar refractivity (Wildman–Crippen MR) is 71.2 cm³/mol. The van der Waals surface area contributed by atoms with Gasteiger partial charge in [0.05, 0.1) is 27.4 Å². The summed E-state index contributed by atoms with van der Waals surface area (Å²) in [6, 6.07) is 3.38. The Kier molecular flexibility index (Phi) is 5.34. The van der Waals surface area contributed by atoms with E-state index in [9.17, 15) is 0 Å². The highest BCUT2D eigenvalue weighted by molar-refractivity contribution is 5.59. The van der Waals surface area contributed by atoms with E-state index in [-0.39, 0.29) is 6.04 Å². The minimum absolute atomic E-state index is 0.151. The van der Waals surface area contributed by atoms with E-state index in [2.05, 4.69) is 11.8 Å². The average molecular weight is 249 g/mol. The molecule has 1 aromatic rings. The van der Waals surface area contributed by atoms with Gasteiger partial charge in [0.1, 0.15) is 22.8 Å². The monoisotopic (exact) mass is 249 g/mol. The molecule has 0 saturated heterocycles. The first-order valence-electron chi connectivity index (χ1n) is 5.73. The Morgan fingerprint density at radius 3 is 2.06 bits per heavy atom. The molecular weight excluding hydrogens is 230 g/mol. The fourth-order valence-corrected chi connectivity index (χ4v) is 1.40. The zero-order chi connectivity index (χ0) is 13.5. The largest absolute Gasteiger partial charge is 0.496 e. The van der Waals surface area contributed by atoms with Gasteiger partial charge in [0.15, 0.2) is 0 Å². The lowest BCUT2D eigenvalue weighted by Gasteiger charge is -2.11. The van der Waals surface area contributed by atoms with Crippen molar-refractivity contribution in [2.45, 2.75) is 19.4 Å². The molecule has 0 spiro atoms. The summed E-state index contributed by atoms with van der Waals surface area (Å²) in [7, 11) is 4.75. The number of hydrogen-bond acceptors (Lipinski definition) is 4. The van der Waals surface area contributed by atoms with Crippen LogP contribution in [0.3, 0.4) is 0 Å². The Balaban J connectivity index is 3.25. The van der Waals surface area contributed by atoms with E-state index in [1.807, 2.05) is 6.92 Å². The molecule has 0 radical (unpaired) electrons. The second kappa shape index (κ2) is 6.77. The van der Waals surface area contributed by atoms with Gasteiger partial charge in [-0.2, -0.15) is 0 Å². The van der Waals surface area contributed by atoms with Crippen LogP contribution in [0.1, 0.15) is 18.9 Å². The van der Waals surface area contributed by atoms with Crippen molar-refractivity contribution in [1.82, 2.24) is 0 Å². The van der Waals surface area contributed by atoms with Crippen LogP contribution < -0.4 is 19.9 Å². The van der Waals surface area contributed by atoms with Gasteiger partial charge in [0.2, 0.25) is 0 Å². The first-order valence-corrected chi connectivity index (χ1v) is 5.73. The van der Waals surface area contributed by atoms with Crippen LogP contribution in [0.5, 0.6) is 17.2 Å². The second-order valence-electron chi connectivity index (χ2n) is 3.69. The normalized spacial score (nSPS) is 11.2. The molecule has 1 unspecified atom stereocenters. The summed E-state index contributed by atoms with van der Waals surface area (Å²) in [5.74, 6) is 7.85. The molecule has 1 atom stereocenters. The van der Waals surface area contributed by atoms with Crippen molar-refractivity contribution in [2.24, 2.45) is 5.73 Å². The third-order valence-corrected chi connectivity index (χ3v) is 2.54. The quantitative estimate of drug-likeness (QED) is 0.827. The van der Waals surface area contributed by atoms with Crippen LogP contribution in [0.15, 0.2) is 12.1 Å². The van der Waals surface area contributed by atoms with Crippen molar-refractivity contribution in [1.29, 1.82) is 0 Å². The minimum Gasteiger partial charge on any atom is -0.496 e. The first kappa shape index (κ1) is 14.2. The SMILES string of the molecule is CCC(N)C#Cc1c(OC)cc(OC)cc1OC. The van der Waals surface area contributed by atoms with E-state index >= 15 is 0 Å². The average Bonchev–Trinajstić information content (AvgIpc) is 2.43. The molecule has 98 valence electrons. The van der Waals surface area contributed by atoms with E-state index in [4.69, 9.17) is 19.9 Å². The van der Waals surface area contributed by atoms with Gasteiger partial charge in [0, 0.05) is 12.1 Å². The van der Waals surface area contributed by atoms with Gasteiger partial charge in [-0.05, 0) is 6.42 Å². The van der Waals surface area contributed by atoms with Crippen LogP contribution in [0, 0.1) is 11.8 Å². The van der Waals surface area contributed by atoms with Gasteiger partial charge in [-0.1, -0.05) is 18.8 Å². The van der Waals surface area contributed by atoms with Gasteiger partial charge in [-0.25, -0.2) is 0 Å². The van der Waals surface area contributed by atoms with Crippen molar-refractivity contribution in [3.05, 3.63) is 17.7 Å². The van der Waals surface area contributed by atoms with Crippen molar-refractivity contribution >= 4 is 0 Å². The molecule has 4 heteroatoms. The number of benzene rings is 1. The van der Waals surface area contributed by atoms with Gasteiger partial charge >= 0.3 is 0 Å². The summed E-state index contributed by atoms with van der Waals surface area (Å²) in [5.41, 5.74) is 6.46. The Labute approximate surface area is 108 Å². The van der Waals surface area contributed by atoms with Crippen molar-refractivity contribution < 1.29 is 14.2 Å². The van der Waals surface area contributed by atoms with Crippen LogP contribution in [0.4, 0.5) is 0 Å². The molecule has 1 rings (SSSR count). The molecule has 0 fully saturated rings. The summed E-state index contributed by atoms with van der Waals surface area (Å²) >= 11 is 0. The van der Waals surface area contributed by atoms with Gasteiger partial charge in [-0.15, -0.1) is 0 Å². The number of rotatable bonds is 4. The molecule has 1 aromatic carbocycles. The Morgan fingerprint density at radius 2 is 1.67 bits per heavy atom. The van der Waals surface area contributed by atoms with Crippen molar-refractivity contribution in [3.63, 3.8) is 0 Å². The van der Waals surface area contributed by atoms with Gasteiger partial charge < -0.3 is 19.9 Å². The lowest BCUT2D eigenvalue weighted by Crippen LogP contribution is -2.15. The summed E-state index contributed by atoms with van der Waals surface area (Å²) in [6.07, 6.45) is 0.799. The molecule has 2 N–H and O–H groups in total. The maximum atomic E-state index is 5.78. The van der Waals surface area contributed by atoms with E-state index in [1.54, 1.807) is 33.5 Å². The van der Waals surface area contributed by atoms with Gasteiger partial charge in [0.25, 0.3) is 0 Å². The first-order chi connectivity index (χ1) is 8.65. The number of nitrogens with two attached hydrogens (primary N) is 1. The van der Waals surface area contributed by atoms with E-state index in [1.165, 1.54) is 0 Å². The van der Waals surface area contributed by atoms with Crippen molar-refractivity contribution in [2.75, 3.05) is 21.3 Å². The zero-order valence-corrected chi connectivity index (χ0v) is 11.2. The molecule has 0 aliphatic heterocycles. The van der Waals surface area contributed by atoms with Crippen LogP contribution >= 0.6 is 0 Å². The maximum absolute atomic E-state index is 5.78. The summed E-state index contributed by atoms with van der Waals surface area (Å²) in [6.45, 7) is 1.99. The van der Waals surface area contributed by atoms with Crippen molar-refractivity contribution in [3.8, 4) is 29.1 Å². The fourth-order valence-electron chi connectivity index (χ4n) is 1.40. The fraction of sp³-hybridized carbons (Fsp3) is 0.429. The van der Waals surface area contributed by atoms with Crippen LogP contribution in [0.25, 0.3) is 0 Å². The Morgan fingerprint density at radius 1 is 1.11 bits per heavy atom. The van der Waals surface area contributed by atoms with E-state index < -0.39 is 0 Å². The molecule has 0 aliphatic rings. The topological polar surface area (TPSA) is 53.7 Å². The van der Waals surface area contributed by atoms with E-state index in [0.717, 1.165) is 6.42 Å². The summed E-state index contributed by atoms with van der Waals surface area (Å²) < 4.78 is 15.8. The van der Waals surface area contributed by atoms with Crippen LogP contribution in [-0.4, -0.2) is 27.4 Å². The third-order valence-electron chi connectivity index (χ3n) is 2.54. The molecule has 0 amide bonds. The number of hydrogen-bond donors (Lipinski definition) is 1. The molecule has 18 heavy (non-hydrogen) atoms. The predicted octanol–water partition coefficient (Wildman–Crippen LogP) is 1.80. The van der Waals surface area contributed by atoms with Crippen LogP contribution in [0.2, 0.25) is 0 Å². The Hall–Kier alpha value is -1.86. The lowest BCUT2D eigenvalue weighted by atomic mass is 10.1. The summed E-state index contributed by atoms with van der Waals surface area (Å²) in [5, 5.41) is 0. The lowest BCUT2D eigenvalue weighted by molar-refractivity contribution is 0.374. The number of methoxy groups -OCH3 is 3. The van der Waals surface area contributed by atoms with Gasteiger partial charge in [-0.3, -0.25) is 0 Å². The molecule has 0 aromatic heterocycles. The minimum atomic E-state index is -0.151. The molecule has 0 heterocycles. The van der Waals surface area contributed by atoms with E-state index in [0.29, 0.717) is 22.8 Å². The maximum Gasteiger partial charge on any atom is 0.141 e. The highest BCUT2D eigenvalue weighted by atomic mass is 16.5. The molecular formula is C14H19NO3. The molecule has 0 bridgehead atoms. The van der Waals surface area contributed by atoms with Crippen LogP contribution in [-0.2, 0) is 0 Å².